The number of nitrogens with one attached hydrogen (secondary N) is 1. The normalized spacial score (nSPS) is 13.9. The van der Waals surface area contributed by atoms with Crippen LogP contribution in [0, 0.1) is 5.41 Å². The van der Waals surface area contributed by atoms with Gasteiger partial charge in [-0.25, -0.2) is 0 Å². The molecule has 0 aliphatic rings. The summed E-state index contributed by atoms with van der Waals surface area (Å²) < 4.78 is 1.15. The van der Waals surface area contributed by atoms with Gasteiger partial charge in [-0.3, -0.25) is 4.98 Å². The van der Waals surface area contributed by atoms with Crippen LogP contribution in [0.2, 0.25) is 0 Å². The molecule has 4 heteroatoms. The molecule has 2 rings (SSSR count). The average Bonchev–Trinajstić information content (AvgIpc) is 2.72. The Morgan fingerprint density at radius 3 is 2.88 bits per heavy atom. The van der Waals surface area contributed by atoms with Crippen LogP contribution in [0.15, 0.2) is 23.7 Å². The fourth-order valence-electron chi connectivity index (χ4n) is 1.53. The number of anilines is 1. The van der Waals surface area contributed by atoms with E-state index in [0.29, 0.717) is 6.54 Å². The Morgan fingerprint density at radius 1 is 1.41 bits per heavy atom. The summed E-state index contributed by atoms with van der Waals surface area (Å²) in [4.78, 5) is 4.29. The van der Waals surface area contributed by atoms with Crippen molar-refractivity contribution in [1.29, 1.82) is 0 Å². The van der Waals surface area contributed by atoms with Crippen LogP contribution in [0.5, 0.6) is 0 Å². The van der Waals surface area contributed by atoms with E-state index in [0.717, 1.165) is 15.9 Å². The number of aliphatic hydroxyl groups is 1. The van der Waals surface area contributed by atoms with Gasteiger partial charge in [-0.1, -0.05) is 20.8 Å². The van der Waals surface area contributed by atoms with E-state index in [-0.39, 0.29) is 11.5 Å². The molecule has 92 valence electrons. The lowest BCUT2D eigenvalue weighted by atomic mass is 9.89. The van der Waals surface area contributed by atoms with Gasteiger partial charge >= 0.3 is 0 Å². The summed E-state index contributed by atoms with van der Waals surface area (Å²) in [5, 5.41) is 15.3. The third-order valence-electron chi connectivity index (χ3n) is 2.83. The predicted octanol–water partition coefficient (Wildman–Crippen LogP) is 3.12. The molecule has 0 spiro atoms. The molecule has 3 nitrogen and oxygen atoms in total. The molecule has 2 aromatic rings. The Kier molecular flexibility index (Phi) is 3.35. The molecule has 0 saturated carbocycles. The molecule has 1 unspecified atom stereocenters. The molecule has 0 bridgehead atoms. The van der Waals surface area contributed by atoms with Crippen LogP contribution in [0.3, 0.4) is 0 Å². The zero-order valence-electron chi connectivity index (χ0n) is 10.4. The van der Waals surface area contributed by atoms with Crippen molar-refractivity contribution in [3.8, 4) is 0 Å². The number of nitrogens with zero attached hydrogens (tertiary/aromatic N) is 1. The molecule has 2 heterocycles. The van der Waals surface area contributed by atoms with Crippen molar-refractivity contribution in [3.05, 3.63) is 23.7 Å². The Labute approximate surface area is 106 Å². The highest BCUT2D eigenvalue weighted by molar-refractivity contribution is 7.17. The van der Waals surface area contributed by atoms with Gasteiger partial charge in [0.05, 0.1) is 22.0 Å². The van der Waals surface area contributed by atoms with Crippen LogP contribution in [-0.2, 0) is 0 Å². The van der Waals surface area contributed by atoms with E-state index in [1.807, 2.05) is 38.3 Å². The van der Waals surface area contributed by atoms with Gasteiger partial charge in [0.2, 0.25) is 0 Å². The predicted molar refractivity (Wildman–Crippen MR) is 73.6 cm³/mol. The first-order chi connectivity index (χ1) is 7.98. The van der Waals surface area contributed by atoms with E-state index in [1.165, 1.54) is 0 Å². The number of rotatable bonds is 3. The summed E-state index contributed by atoms with van der Waals surface area (Å²) >= 11 is 1.67. The maximum absolute atomic E-state index is 9.99. The Morgan fingerprint density at radius 2 is 2.18 bits per heavy atom. The van der Waals surface area contributed by atoms with Crippen LogP contribution in [-0.4, -0.2) is 22.7 Å². The standard InChI is InChI=1S/C13H18N2OS/c1-13(2,3)11(16)8-15-9-4-6-14-10-5-7-17-12(9)10/h4-7,11,16H,8H2,1-3H3,(H,14,15). The molecule has 0 amide bonds. The smallest absolute Gasteiger partial charge is 0.0830 e. The van der Waals surface area contributed by atoms with Gasteiger partial charge in [-0.2, -0.15) is 0 Å². The Hall–Kier alpha value is -1.13. The summed E-state index contributed by atoms with van der Waals surface area (Å²) in [6.45, 7) is 6.66. The number of fused-ring (bicyclic) bond motifs is 1. The fraction of sp³-hybridized carbons (Fsp3) is 0.462. The SMILES string of the molecule is CC(C)(C)C(O)CNc1ccnc2ccsc12. The number of aromatic nitrogens is 1. The molecule has 2 N–H and O–H groups in total. The molecule has 0 radical (unpaired) electrons. The summed E-state index contributed by atoms with van der Waals surface area (Å²) in [6, 6.07) is 3.96. The minimum absolute atomic E-state index is 0.103. The zero-order chi connectivity index (χ0) is 12.5. The first-order valence-corrected chi connectivity index (χ1v) is 6.60. The largest absolute Gasteiger partial charge is 0.391 e. The molecular formula is C13H18N2OS. The molecule has 0 saturated heterocycles. The van der Waals surface area contributed by atoms with E-state index in [9.17, 15) is 5.11 Å². The van der Waals surface area contributed by atoms with Gasteiger partial charge in [0.1, 0.15) is 0 Å². The van der Waals surface area contributed by atoms with Gasteiger partial charge in [-0.15, -0.1) is 11.3 Å². The number of hydrogen-bond donors (Lipinski definition) is 2. The van der Waals surface area contributed by atoms with Crippen LogP contribution >= 0.6 is 11.3 Å². The molecule has 0 aliphatic carbocycles. The monoisotopic (exact) mass is 250 g/mol. The summed E-state index contributed by atoms with van der Waals surface area (Å²) in [5.41, 5.74) is 1.95. The number of hydrogen-bond acceptors (Lipinski definition) is 4. The average molecular weight is 250 g/mol. The number of aliphatic hydroxyl groups excluding tert-OH is 1. The van der Waals surface area contributed by atoms with Gasteiger partial charge in [0.15, 0.2) is 0 Å². The van der Waals surface area contributed by atoms with E-state index in [2.05, 4.69) is 10.3 Å². The van der Waals surface area contributed by atoms with Gasteiger partial charge in [-0.05, 0) is 22.9 Å². The molecule has 0 aromatic carbocycles. The van der Waals surface area contributed by atoms with Crippen LogP contribution in [0.4, 0.5) is 5.69 Å². The second-order valence-electron chi connectivity index (χ2n) is 5.26. The Balaban J connectivity index is 2.12. The highest BCUT2D eigenvalue weighted by Crippen LogP contribution is 2.27. The lowest BCUT2D eigenvalue weighted by molar-refractivity contribution is 0.0746. The molecule has 0 aliphatic heterocycles. The van der Waals surface area contributed by atoms with Crippen molar-refractivity contribution in [2.45, 2.75) is 26.9 Å². The second-order valence-corrected chi connectivity index (χ2v) is 6.17. The lowest BCUT2D eigenvalue weighted by Gasteiger charge is -2.26. The molecule has 17 heavy (non-hydrogen) atoms. The van der Waals surface area contributed by atoms with Crippen LogP contribution in [0.1, 0.15) is 20.8 Å². The topological polar surface area (TPSA) is 45.1 Å². The second kappa shape index (κ2) is 4.63. The highest BCUT2D eigenvalue weighted by atomic mass is 32.1. The lowest BCUT2D eigenvalue weighted by Crippen LogP contribution is -2.32. The summed E-state index contributed by atoms with van der Waals surface area (Å²) in [5.74, 6) is 0. The van der Waals surface area contributed by atoms with Crippen molar-refractivity contribution in [2.75, 3.05) is 11.9 Å². The zero-order valence-corrected chi connectivity index (χ0v) is 11.2. The minimum atomic E-state index is -0.370. The van der Waals surface area contributed by atoms with Gasteiger partial charge in [0, 0.05) is 12.7 Å². The number of thiophene rings is 1. The first-order valence-electron chi connectivity index (χ1n) is 5.72. The van der Waals surface area contributed by atoms with Crippen molar-refractivity contribution < 1.29 is 5.11 Å². The van der Waals surface area contributed by atoms with E-state index >= 15 is 0 Å². The summed E-state index contributed by atoms with van der Waals surface area (Å²) in [6.07, 6.45) is 1.42. The van der Waals surface area contributed by atoms with Crippen molar-refractivity contribution >= 4 is 27.2 Å². The first kappa shape index (κ1) is 12.3. The molecular weight excluding hydrogens is 232 g/mol. The van der Waals surface area contributed by atoms with Crippen molar-refractivity contribution in [2.24, 2.45) is 5.41 Å². The quantitative estimate of drug-likeness (QED) is 0.879. The van der Waals surface area contributed by atoms with E-state index < -0.39 is 0 Å². The van der Waals surface area contributed by atoms with Crippen LogP contribution in [0.25, 0.3) is 10.2 Å². The summed E-state index contributed by atoms with van der Waals surface area (Å²) in [7, 11) is 0. The fourth-order valence-corrected chi connectivity index (χ4v) is 2.37. The minimum Gasteiger partial charge on any atom is -0.391 e. The molecule has 0 fully saturated rings. The maximum Gasteiger partial charge on any atom is 0.0830 e. The Bertz CT molecular complexity index is 501. The van der Waals surface area contributed by atoms with E-state index in [4.69, 9.17) is 0 Å². The van der Waals surface area contributed by atoms with Gasteiger partial charge < -0.3 is 10.4 Å². The number of pyridine rings is 1. The van der Waals surface area contributed by atoms with E-state index in [1.54, 1.807) is 17.5 Å². The third kappa shape index (κ3) is 2.76. The molecule has 2 aromatic heterocycles. The van der Waals surface area contributed by atoms with Crippen LogP contribution < -0.4 is 5.32 Å². The third-order valence-corrected chi connectivity index (χ3v) is 3.77. The van der Waals surface area contributed by atoms with Crippen molar-refractivity contribution in [3.63, 3.8) is 0 Å². The van der Waals surface area contributed by atoms with Gasteiger partial charge in [0.25, 0.3) is 0 Å². The molecule has 1 atom stereocenters. The maximum atomic E-state index is 9.99. The highest BCUT2D eigenvalue weighted by Gasteiger charge is 2.21. The van der Waals surface area contributed by atoms with Crippen molar-refractivity contribution in [1.82, 2.24) is 4.98 Å².